The maximum absolute atomic E-state index is 12.4. The third-order valence-corrected chi connectivity index (χ3v) is 3.85. The van der Waals surface area contributed by atoms with Gasteiger partial charge in [-0.2, -0.15) is 0 Å². The Morgan fingerprint density at radius 2 is 1.67 bits per heavy atom. The van der Waals surface area contributed by atoms with Crippen LogP contribution in [0.1, 0.15) is 48.7 Å². The number of rotatable bonds is 5. The van der Waals surface area contributed by atoms with Gasteiger partial charge in [-0.3, -0.25) is 4.79 Å². The van der Waals surface area contributed by atoms with Crippen molar-refractivity contribution in [3.05, 3.63) is 65.2 Å². The van der Waals surface area contributed by atoms with Gasteiger partial charge in [-0.25, -0.2) is 4.79 Å². The average molecular weight is 325 g/mol. The van der Waals surface area contributed by atoms with Crippen LogP contribution in [0, 0.1) is 0 Å². The molecule has 126 valence electrons. The van der Waals surface area contributed by atoms with E-state index < -0.39 is 6.09 Å². The number of carbonyl (C=O) groups is 2. The van der Waals surface area contributed by atoms with Gasteiger partial charge in [0.25, 0.3) is 0 Å². The molecule has 0 heterocycles. The van der Waals surface area contributed by atoms with E-state index in [1.54, 1.807) is 18.2 Å². The maximum atomic E-state index is 12.4. The minimum absolute atomic E-state index is 0.0596. The normalized spacial score (nSPS) is 11.1. The third kappa shape index (κ3) is 4.44. The second-order valence-electron chi connectivity index (χ2n) is 6.74. The fraction of sp³-hybridized carbons (Fsp3) is 0.300. The van der Waals surface area contributed by atoms with Crippen LogP contribution in [0.4, 0.5) is 4.79 Å². The summed E-state index contributed by atoms with van der Waals surface area (Å²) in [5.41, 5.74) is 7.62. The highest BCUT2D eigenvalue weighted by Crippen LogP contribution is 2.33. The Kier molecular flexibility index (Phi) is 5.39. The molecule has 4 heteroatoms. The van der Waals surface area contributed by atoms with Crippen molar-refractivity contribution in [3.63, 3.8) is 0 Å². The van der Waals surface area contributed by atoms with Crippen molar-refractivity contribution in [3.8, 4) is 5.75 Å². The van der Waals surface area contributed by atoms with E-state index in [0.29, 0.717) is 24.2 Å². The summed E-state index contributed by atoms with van der Waals surface area (Å²) in [5, 5.41) is 0. The van der Waals surface area contributed by atoms with Crippen molar-refractivity contribution in [2.24, 2.45) is 5.73 Å². The molecule has 0 bridgehead atoms. The molecule has 2 aromatic carbocycles. The van der Waals surface area contributed by atoms with E-state index in [4.69, 9.17) is 10.5 Å². The number of carbonyl (C=O) groups excluding carboxylic acids is 2. The molecule has 0 spiro atoms. The second kappa shape index (κ2) is 7.30. The first kappa shape index (κ1) is 17.7. The number of ketones is 1. The van der Waals surface area contributed by atoms with Gasteiger partial charge >= 0.3 is 6.09 Å². The van der Waals surface area contributed by atoms with Crippen LogP contribution in [0.3, 0.4) is 0 Å². The summed E-state index contributed by atoms with van der Waals surface area (Å²) in [6, 6.07) is 14.7. The van der Waals surface area contributed by atoms with Gasteiger partial charge in [-0.1, -0.05) is 63.2 Å². The average Bonchev–Trinajstić information content (AvgIpc) is 2.52. The van der Waals surface area contributed by atoms with Gasteiger partial charge in [0.15, 0.2) is 5.78 Å². The van der Waals surface area contributed by atoms with Crippen molar-refractivity contribution < 1.29 is 14.3 Å². The number of hydrogen-bond acceptors (Lipinski definition) is 3. The van der Waals surface area contributed by atoms with Gasteiger partial charge in [-0.05, 0) is 29.0 Å². The molecule has 24 heavy (non-hydrogen) atoms. The molecule has 0 aliphatic rings. The van der Waals surface area contributed by atoms with E-state index in [-0.39, 0.29) is 11.2 Å². The number of amides is 1. The predicted octanol–water partition coefficient (Wildman–Crippen LogP) is 4.26. The SMILES string of the molecule is CC(C)(C)c1cccc(OC(N)=O)c1CCC(=O)c1ccccc1. The van der Waals surface area contributed by atoms with Crippen molar-refractivity contribution in [1.29, 1.82) is 0 Å². The van der Waals surface area contributed by atoms with Crippen molar-refractivity contribution in [2.45, 2.75) is 39.0 Å². The molecule has 0 saturated heterocycles. The molecule has 2 rings (SSSR count). The molecular weight excluding hydrogens is 302 g/mol. The zero-order valence-electron chi connectivity index (χ0n) is 14.3. The van der Waals surface area contributed by atoms with Crippen LogP contribution in [0.5, 0.6) is 5.75 Å². The van der Waals surface area contributed by atoms with Crippen molar-refractivity contribution >= 4 is 11.9 Å². The van der Waals surface area contributed by atoms with Crippen LogP contribution in [0.15, 0.2) is 48.5 Å². The summed E-state index contributed by atoms with van der Waals surface area (Å²) in [5.74, 6) is 0.486. The van der Waals surface area contributed by atoms with Gasteiger partial charge in [0, 0.05) is 12.0 Å². The zero-order valence-corrected chi connectivity index (χ0v) is 14.3. The Labute approximate surface area is 142 Å². The first-order valence-corrected chi connectivity index (χ1v) is 7.97. The third-order valence-electron chi connectivity index (χ3n) is 3.85. The summed E-state index contributed by atoms with van der Waals surface area (Å²) in [4.78, 5) is 23.6. The van der Waals surface area contributed by atoms with Crippen LogP contribution in [-0.2, 0) is 11.8 Å². The van der Waals surface area contributed by atoms with Crippen molar-refractivity contribution in [2.75, 3.05) is 0 Å². The molecule has 0 unspecified atom stereocenters. The second-order valence-corrected chi connectivity index (χ2v) is 6.74. The molecule has 2 N–H and O–H groups in total. The molecule has 0 aromatic heterocycles. The first-order valence-electron chi connectivity index (χ1n) is 7.97. The van der Waals surface area contributed by atoms with Crippen LogP contribution < -0.4 is 10.5 Å². The van der Waals surface area contributed by atoms with Crippen LogP contribution in [0.2, 0.25) is 0 Å². The Hall–Kier alpha value is -2.62. The fourth-order valence-electron chi connectivity index (χ4n) is 2.74. The molecule has 0 atom stereocenters. The Morgan fingerprint density at radius 1 is 1.00 bits per heavy atom. The molecule has 4 nitrogen and oxygen atoms in total. The van der Waals surface area contributed by atoms with Gasteiger partial charge in [0.05, 0.1) is 0 Å². The van der Waals surface area contributed by atoms with Gasteiger partial charge in [0.1, 0.15) is 5.75 Å². The first-order chi connectivity index (χ1) is 11.3. The lowest BCUT2D eigenvalue weighted by Gasteiger charge is -2.24. The quantitative estimate of drug-likeness (QED) is 0.835. The summed E-state index contributed by atoms with van der Waals surface area (Å²) in [6.07, 6.45) is -0.0209. The number of Topliss-reactive ketones (excluding diaryl/α,β-unsaturated/α-hetero) is 1. The highest BCUT2D eigenvalue weighted by molar-refractivity contribution is 5.96. The Bertz CT molecular complexity index is 730. The van der Waals surface area contributed by atoms with E-state index in [2.05, 4.69) is 20.8 Å². The lowest BCUT2D eigenvalue weighted by Crippen LogP contribution is -2.20. The van der Waals surface area contributed by atoms with Gasteiger partial charge in [-0.15, -0.1) is 0 Å². The largest absolute Gasteiger partial charge is 0.410 e. The van der Waals surface area contributed by atoms with E-state index >= 15 is 0 Å². The monoisotopic (exact) mass is 325 g/mol. The Morgan fingerprint density at radius 3 is 2.25 bits per heavy atom. The number of primary amides is 1. The molecule has 0 fully saturated rings. The minimum Gasteiger partial charge on any atom is -0.410 e. The van der Waals surface area contributed by atoms with E-state index in [9.17, 15) is 9.59 Å². The number of hydrogen-bond donors (Lipinski definition) is 1. The minimum atomic E-state index is -0.850. The zero-order chi connectivity index (χ0) is 17.7. The summed E-state index contributed by atoms with van der Waals surface area (Å²) >= 11 is 0. The smallest absolute Gasteiger partial charge is 0.409 e. The van der Waals surface area contributed by atoms with Crippen LogP contribution >= 0.6 is 0 Å². The Balaban J connectivity index is 2.29. The predicted molar refractivity (Wildman–Crippen MR) is 94.4 cm³/mol. The molecule has 0 aliphatic heterocycles. The highest BCUT2D eigenvalue weighted by atomic mass is 16.5. The van der Waals surface area contributed by atoms with Crippen molar-refractivity contribution in [1.82, 2.24) is 0 Å². The standard InChI is InChI=1S/C20H23NO3/c1-20(2,3)16-10-7-11-18(24-19(21)23)15(16)12-13-17(22)14-8-5-4-6-9-14/h4-11H,12-13H2,1-3H3,(H2,21,23). The lowest BCUT2D eigenvalue weighted by atomic mass is 9.82. The fourth-order valence-corrected chi connectivity index (χ4v) is 2.74. The van der Waals surface area contributed by atoms with E-state index in [1.807, 2.05) is 30.3 Å². The van der Waals surface area contributed by atoms with E-state index in [0.717, 1.165) is 11.1 Å². The van der Waals surface area contributed by atoms with Crippen LogP contribution in [-0.4, -0.2) is 11.9 Å². The molecule has 1 amide bonds. The molecular formula is C20H23NO3. The molecule has 0 radical (unpaired) electrons. The van der Waals surface area contributed by atoms with Gasteiger partial charge < -0.3 is 10.5 Å². The number of benzene rings is 2. The van der Waals surface area contributed by atoms with E-state index in [1.165, 1.54) is 0 Å². The highest BCUT2D eigenvalue weighted by Gasteiger charge is 2.22. The summed E-state index contributed by atoms with van der Waals surface area (Å²) in [7, 11) is 0. The molecule has 0 aliphatic carbocycles. The van der Waals surface area contributed by atoms with Gasteiger partial charge in [0.2, 0.25) is 0 Å². The number of nitrogens with two attached hydrogens (primary N) is 1. The number of ether oxygens (including phenoxy) is 1. The topological polar surface area (TPSA) is 69.4 Å². The lowest BCUT2D eigenvalue weighted by molar-refractivity contribution is 0.0982. The molecule has 2 aromatic rings. The molecule has 0 saturated carbocycles. The van der Waals surface area contributed by atoms with Crippen LogP contribution in [0.25, 0.3) is 0 Å². The maximum Gasteiger partial charge on any atom is 0.409 e. The summed E-state index contributed by atoms with van der Waals surface area (Å²) in [6.45, 7) is 6.25. The summed E-state index contributed by atoms with van der Waals surface area (Å²) < 4.78 is 5.15.